The van der Waals surface area contributed by atoms with Crippen LogP contribution in [0.4, 0.5) is 21.2 Å². The average Bonchev–Trinajstić information content (AvgIpc) is 3.65. The first kappa shape index (κ1) is 32.4. The second-order valence-electron chi connectivity index (χ2n) is 13.2. The molecule has 3 heterocycles. The fraction of sp³-hybridized carbons (Fsp3) is 0.256. The summed E-state index contributed by atoms with van der Waals surface area (Å²) in [6, 6.07) is 29.9. The molecule has 2 aliphatic carbocycles. The highest BCUT2D eigenvalue weighted by Crippen LogP contribution is 2.69. The Kier molecular flexibility index (Phi) is 8.54. The van der Waals surface area contributed by atoms with Gasteiger partial charge in [0.1, 0.15) is 42.9 Å². The number of rotatable bonds is 10. The summed E-state index contributed by atoms with van der Waals surface area (Å²) >= 11 is 0. The normalized spacial score (nSPS) is 22.0. The molecule has 2 fully saturated rings. The van der Waals surface area contributed by atoms with Crippen LogP contribution in [0.15, 0.2) is 110 Å². The summed E-state index contributed by atoms with van der Waals surface area (Å²) in [7, 11) is 0. The van der Waals surface area contributed by atoms with E-state index in [1.807, 2.05) is 89.6 Å². The Morgan fingerprint density at radius 3 is 2.25 bits per heavy atom. The third-order valence-corrected chi connectivity index (χ3v) is 10.2. The Labute approximate surface area is 293 Å². The van der Waals surface area contributed by atoms with Gasteiger partial charge in [-0.05, 0) is 72.2 Å². The number of aryl methyl sites for hydroxylation is 1. The number of hydrogen-bond donors (Lipinski definition) is 4. The van der Waals surface area contributed by atoms with Crippen molar-refractivity contribution in [3.63, 3.8) is 0 Å². The van der Waals surface area contributed by atoms with Crippen LogP contribution >= 0.6 is 0 Å². The number of hydrogen-bond acceptors (Lipinski definition) is 9. The third-order valence-electron chi connectivity index (χ3n) is 10.2. The second-order valence-corrected chi connectivity index (χ2v) is 13.2. The number of benzene rings is 3. The van der Waals surface area contributed by atoms with Gasteiger partial charge in [0.05, 0.1) is 23.0 Å². The Hall–Kier alpha value is -5.85. The Morgan fingerprint density at radius 2 is 1.53 bits per heavy atom. The number of anilines is 2. The van der Waals surface area contributed by atoms with Gasteiger partial charge in [-0.15, -0.1) is 0 Å². The molecule has 12 nitrogen and oxygen atoms in total. The van der Waals surface area contributed by atoms with E-state index < -0.39 is 29.8 Å². The number of aromatic nitrogens is 4. The molecule has 4 N–H and O–H groups in total. The molecule has 5 atom stereocenters. The summed E-state index contributed by atoms with van der Waals surface area (Å²) in [6.45, 7) is 0.293. The molecule has 0 radical (unpaired) electrons. The molecule has 6 aromatic rings. The smallest absolute Gasteiger partial charge is 0.413 e. The number of aliphatic hydroxyl groups is 2. The minimum absolute atomic E-state index is 0.0534. The standard InChI is InChI=1S/C39H36N6O6/c46-33-32(45-18-16-28-35(40-23-41-36(28)45)44-38(49)51-22-26-9-5-2-6-10-26)29-20-39(29,34(33)47)17-15-24-11-13-30-27(19-24)12-14-31(42-30)43-37(48)50-21-25-7-3-1-4-8-25/h1-14,16,18-19,23,29,32-34,46-47H,15,17,20-22H2,(H,42,43,48)(H,40,41,44,49)/t29-,32-,33+,34+,39-/m1/s1. The van der Waals surface area contributed by atoms with Gasteiger partial charge in [-0.25, -0.2) is 24.5 Å². The Morgan fingerprint density at radius 1 is 0.824 bits per heavy atom. The predicted molar refractivity (Wildman–Crippen MR) is 190 cm³/mol. The summed E-state index contributed by atoms with van der Waals surface area (Å²) in [6.07, 6.45) is 2.31. The highest BCUT2D eigenvalue weighted by Gasteiger charge is 2.70. The quantitative estimate of drug-likeness (QED) is 0.128. The van der Waals surface area contributed by atoms with Crippen LogP contribution in [-0.2, 0) is 29.1 Å². The minimum atomic E-state index is -0.979. The van der Waals surface area contributed by atoms with Gasteiger partial charge in [0, 0.05) is 17.0 Å². The monoisotopic (exact) mass is 684 g/mol. The summed E-state index contributed by atoms with van der Waals surface area (Å²) in [5.74, 6) is 0.761. The average molecular weight is 685 g/mol. The van der Waals surface area contributed by atoms with E-state index in [1.165, 1.54) is 6.33 Å². The number of fused-ring (bicyclic) bond motifs is 3. The van der Waals surface area contributed by atoms with E-state index in [-0.39, 0.29) is 25.2 Å². The summed E-state index contributed by atoms with van der Waals surface area (Å²) in [4.78, 5) is 38.2. The largest absolute Gasteiger partial charge is 0.444 e. The fourth-order valence-electron chi connectivity index (χ4n) is 7.52. The summed E-state index contributed by atoms with van der Waals surface area (Å²) in [5, 5.41) is 29.6. The maximum atomic E-state index is 12.6. The number of nitrogens with zero attached hydrogens (tertiary/aromatic N) is 4. The number of pyridine rings is 1. The first-order valence-corrected chi connectivity index (χ1v) is 16.9. The SMILES string of the molecule is O=C(Nc1ccc2cc(CC[C@@]34C[C@@H]3[C@@H](n3ccc5c(NC(=O)OCc6ccccc6)ncnc53)[C@H](O)[C@@H]4O)ccc2n1)OCc1ccccc1. The second kappa shape index (κ2) is 13.5. The fourth-order valence-corrected chi connectivity index (χ4v) is 7.52. The predicted octanol–water partition coefficient (Wildman–Crippen LogP) is 6.39. The van der Waals surface area contributed by atoms with Crippen molar-refractivity contribution in [1.29, 1.82) is 0 Å². The van der Waals surface area contributed by atoms with Crippen molar-refractivity contribution in [3.05, 3.63) is 126 Å². The van der Waals surface area contributed by atoms with E-state index in [0.717, 1.165) is 34.0 Å². The molecule has 8 rings (SSSR count). The van der Waals surface area contributed by atoms with Crippen LogP contribution in [0.2, 0.25) is 0 Å². The van der Waals surface area contributed by atoms with E-state index in [0.29, 0.717) is 35.5 Å². The third kappa shape index (κ3) is 6.46. The molecule has 0 bridgehead atoms. The maximum absolute atomic E-state index is 12.6. The van der Waals surface area contributed by atoms with Gasteiger partial charge in [-0.1, -0.05) is 66.7 Å². The molecule has 51 heavy (non-hydrogen) atoms. The van der Waals surface area contributed by atoms with Crippen molar-refractivity contribution in [2.45, 2.75) is 50.7 Å². The highest BCUT2D eigenvalue weighted by atomic mass is 16.6. The zero-order chi connectivity index (χ0) is 35.0. The first-order valence-electron chi connectivity index (χ1n) is 16.9. The first-order chi connectivity index (χ1) is 24.9. The topological polar surface area (TPSA) is 161 Å². The van der Waals surface area contributed by atoms with Crippen molar-refractivity contribution in [1.82, 2.24) is 19.5 Å². The van der Waals surface area contributed by atoms with E-state index in [4.69, 9.17) is 9.47 Å². The number of ether oxygens (including phenoxy) is 2. The van der Waals surface area contributed by atoms with Crippen molar-refractivity contribution < 1.29 is 29.3 Å². The van der Waals surface area contributed by atoms with Gasteiger partial charge in [0.2, 0.25) is 0 Å². The molecule has 2 saturated carbocycles. The number of nitrogens with one attached hydrogen (secondary N) is 2. The molecule has 12 heteroatoms. The van der Waals surface area contributed by atoms with Crippen LogP contribution in [0.3, 0.4) is 0 Å². The van der Waals surface area contributed by atoms with E-state index in [1.54, 1.807) is 12.1 Å². The van der Waals surface area contributed by atoms with Gasteiger partial charge in [0.15, 0.2) is 0 Å². The van der Waals surface area contributed by atoms with Crippen LogP contribution in [-0.4, -0.2) is 54.1 Å². The molecule has 2 amide bonds. The number of aliphatic hydroxyl groups excluding tert-OH is 2. The minimum Gasteiger partial charge on any atom is -0.444 e. The van der Waals surface area contributed by atoms with E-state index >= 15 is 0 Å². The van der Waals surface area contributed by atoms with Crippen molar-refractivity contribution in [3.8, 4) is 0 Å². The zero-order valence-corrected chi connectivity index (χ0v) is 27.6. The number of carbonyl (C=O) groups excluding carboxylic acids is 2. The van der Waals surface area contributed by atoms with Crippen LogP contribution in [0.1, 0.15) is 35.6 Å². The molecule has 0 spiro atoms. The van der Waals surface area contributed by atoms with Crippen molar-refractivity contribution >= 4 is 45.8 Å². The lowest BCUT2D eigenvalue weighted by Gasteiger charge is -2.24. The van der Waals surface area contributed by atoms with Crippen LogP contribution in [0.5, 0.6) is 0 Å². The lowest BCUT2D eigenvalue weighted by Crippen LogP contribution is -2.34. The summed E-state index contributed by atoms with van der Waals surface area (Å²) in [5.41, 5.74) is 3.73. The van der Waals surface area contributed by atoms with Gasteiger partial charge in [0.25, 0.3) is 0 Å². The molecular formula is C39H36N6O6. The molecule has 3 aromatic heterocycles. The van der Waals surface area contributed by atoms with E-state index in [2.05, 4.69) is 31.7 Å². The molecule has 0 aliphatic heterocycles. The number of carbonyl (C=O) groups is 2. The van der Waals surface area contributed by atoms with Crippen LogP contribution < -0.4 is 10.6 Å². The van der Waals surface area contributed by atoms with Gasteiger partial charge >= 0.3 is 12.2 Å². The Balaban J connectivity index is 0.904. The lowest BCUT2D eigenvalue weighted by atomic mass is 9.91. The van der Waals surface area contributed by atoms with Crippen LogP contribution in [0, 0.1) is 11.3 Å². The van der Waals surface area contributed by atoms with Gasteiger partial charge < -0.3 is 24.3 Å². The molecule has 0 unspecified atom stereocenters. The van der Waals surface area contributed by atoms with Crippen molar-refractivity contribution in [2.75, 3.05) is 10.6 Å². The van der Waals surface area contributed by atoms with Gasteiger partial charge in [-0.3, -0.25) is 10.6 Å². The van der Waals surface area contributed by atoms with E-state index in [9.17, 15) is 19.8 Å². The molecule has 3 aromatic carbocycles. The highest BCUT2D eigenvalue weighted by molar-refractivity contribution is 5.95. The van der Waals surface area contributed by atoms with Crippen LogP contribution in [0.25, 0.3) is 21.9 Å². The summed E-state index contributed by atoms with van der Waals surface area (Å²) < 4.78 is 12.6. The lowest BCUT2D eigenvalue weighted by molar-refractivity contribution is -0.0191. The molecular weight excluding hydrogens is 648 g/mol. The number of amides is 2. The zero-order valence-electron chi connectivity index (χ0n) is 27.6. The maximum Gasteiger partial charge on any atom is 0.413 e. The molecule has 2 aliphatic rings. The van der Waals surface area contributed by atoms with Crippen molar-refractivity contribution in [2.24, 2.45) is 11.3 Å². The van der Waals surface area contributed by atoms with Gasteiger partial charge in [-0.2, -0.15) is 0 Å². The molecule has 258 valence electrons. The molecule has 0 saturated heterocycles. The Bertz CT molecular complexity index is 2210.